The maximum Gasteiger partial charge on any atom is 0.255 e. The number of benzene rings is 1. The van der Waals surface area contributed by atoms with Gasteiger partial charge in [0.1, 0.15) is 0 Å². The van der Waals surface area contributed by atoms with Crippen LogP contribution in [0.1, 0.15) is 52.0 Å². The highest BCUT2D eigenvalue weighted by atomic mass is 16.5. The molecular formula is C22H27N3O4. The van der Waals surface area contributed by atoms with Crippen LogP contribution in [0.4, 0.5) is 0 Å². The molecule has 1 aromatic carbocycles. The van der Waals surface area contributed by atoms with Gasteiger partial charge in [0.15, 0.2) is 11.5 Å². The quantitative estimate of drug-likeness (QED) is 0.810. The van der Waals surface area contributed by atoms with E-state index in [0.29, 0.717) is 29.2 Å². The molecule has 0 saturated carbocycles. The summed E-state index contributed by atoms with van der Waals surface area (Å²) >= 11 is 0. The number of aromatic nitrogens is 1. The number of methoxy groups -OCH3 is 2. The summed E-state index contributed by atoms with van der Waals surface area (Å²) in [5.41, 5.74) is 1.69. The van der Waals surface area contributed by atoms with E-state index in [1.807, 2.05) is 17.0 Å². The van der Waals surface area contributed by atoms with Crippen LogP contribution in [0, 0.1) is 0 Å². The smallest absolute Gasteiger partial charge is 0.255 e. The van der Waals surface area contributed by atoms with E-state index in [1.165, 1.54) is 12.4 Å². The van der Waals surface area contributed by atoms with Crippen molar-refractivity contribution in [2.75, 3.05) is 27.3 Å². The minimum Gasteiger partial charge on any atom is -0.493 e. The summed E-state index contributed by atoms with van der Waals surface area (Å²) in [6.45, 7) is 1.84. The third-order valence-corrected chi connectivity index (χ3v) is 5.04. The number of nitrogens with one attached hydrogen (secondary N) is 1. The number of rotatable bonds is 6. The Morgan fingerprint density at radius 1 is 0.966 bits per heavy atom. The average Bonchev–Trinajstić information content (AvgIpc) is 3.06. The third kappa shape index (κ3) is 5.25. The SMILES string of the molecule is COc1ccc(CNC(=O)c2cncc(C(=O)N3CCCCCC3)c2)cc1OC. The highest BCUT2D eigenvalue weighted by Gasteiger charge is 2.19. The van der Waals surface area contributed by atoms with Crippen LogP contribution in [-0.4, -0.2) is 49.0 Å². The summed E-state index contributed by atoms with van der Waals surface area (Å²) in [5, 5.41) is 2.86. The summed E-state index contributed by atoms with van der Waals surface area (Å²) in [4.78, 5) is 31.3. The zero-order chi connectivity index (χ0) is 20.6. The zero-order valence-corrected chi connectivity index (χ0v) is 16.9. The summed E-state index contributed by atoms with van der Waals surface area (Å²) in [5.74, 6) is 0.893. The fraction of sp³-hybridized carbons (Fsp3) is 0.409. The first kappa shape index (κ1) is 20.6. The van der Waals surface area contributed by atoms with Crippen LogP contribution in [0.3, 0.4) is 0 Å². The Morgan fingerprint density at radius 2 is 1.66 bits per heavy atom. The molecular weight excluding hydrogens is 370 g/mol. The van der Waals surface area contributed by atoms with Crippen LogP contribution in [-0.2, 0) is 6.54 Å². The van der Waals surface area contributed by atoms with Gasteiger partial charge >= 0.3 is 0 Å². The highest BCUT2D eigenvalue weighted by Crippen LogP contribution is 2.27. The Labute approximate surface area is 171 Å². The Hall–Kier alpha value is -3.09. The molecule has 0 aliphatic carbocycles. The van der Waals surface area contributed by atoms with Crippen molar-refractivity contribution in [3.05, 3.63) is 53.3 Å². The van der Waals surface area contributed by atoms with Crippen LogP contribution in [0.5, 0.6) is 11.5 Å². The van der Waals surface area contributed by atoms with Gasteiger partial charge in [-0.05, 0) is 36.6 Å². The number of ether oxygens (including phenoxy) is 2. The second kappa shape index (κ2) is 9.91. The molecule has 7 heteroatoms. The van der Waals surface area contributed by atoms with E-state index in [0.717, 1.165) is 44.3 Å². The summed E-state index contributed by atoms with van der Waals surface area (Å²) < 4.78 is 10.5. The van der Waals surface area contributed by atoms with Crippen molar-refractivity contribution in [2.24, 2.45) is 0 Å². The predicted octanol–water partition coefficient (Wildman–Crippen LogP) is 3.05. The van der Waals surface area contributed by atoms with Gasteiger partial charge in [-0.1, -0.05) is 18.9 Å². The summed E-state index contributed by atoms with van der Waals surface area (Å²) in [6.07, 6.45) is 7.35. The van der Waals surface area contributed by atoms with E-state index in [-0.39, 0.29) is 11.8 Å². The topological polar surface area (TPSA) is 80.8 Å². The molecule has 2 amide bonds. The molecule has 0 radical (unpaired) electrons. The second-order valence-electron chi connectivity index (χ2n) is 7.04. The minimum atomic E-state index is -0.280. The van der Waals surface area contributed by atoms with Gasteiger partial charge in [0.05, 0.1) is 25.3 Å². The Balaban J connectivity index is 1.65. The number of carbonyl (C=O) groups excluding carboxylic acids is 2. The van der Waals surface area contributed by atoms with Crippen molar-refractivity contribution in [3.63, 3.8) is 0 Å². The number of pyridine rings is 1. The Kier molecular flexibility index (Phi) is 7.05. The predicted molar refractivity (Wildman–Crippen MR) is 109 cm³/mol. The average molecular weight is 397 g/mol. The molecule has 29 heavy (non-hydrogen) atoms. The molecule has 0 unspecified atom stereocenters. The number of carbonyl (C=O) groups is 2. The maximum atomic E-state index is 12.8. The van der Waals surface area contributed by atoms with Crippen LogP contribution in [0.2, 0.25) is 0 Å². The Morgan fingerprint density at radius 3 is 2.34 bits per heavy atom. The molecule has 7 nitrogen and oxygen atoms in total. The van der Waals surface area contributed by atoms with E-state index >= 15 is 0 Å². The largest absolute Gasteiger partial charge is 0.493 e. The van der Waals surface area contributed by atoms with Gasteiger partial charge in [0.2, 0.25) is 0 Å². The van der Waals surface area contributed by atoms with Gasteiger partial charge in [0.25, 0.3) is 11.8 Å². The lowest BCUT2D eigenvalue weighted by atomic mass is 10.1. The molecule has 2 aromatic rings. The van der Waals surface area contributed by atoms with E-state index < -0.39 is 0 Å². The maximum absolute atomic E-state index is 12.8. The van der Waals surface area contributed by atoms with Crippen molar-refractivity contribution in [2.45, 2.75) is 32.2 Å². The number of amides is 2. The zero-order valence-electron chi connectivity index (χ0n) is 16.9. The molecule has 1 aliphatic rings. The van der Waals surface area contributed by atoms with Gasteiger partial charge in [-0.15, -0.1) is 0 Å². The highest BCUT2D eigenvalue weighted by molar-refractivity contribution is 5.99. The normalized spacial score (nSPS) is 14.1. The number of hydrogen-bond donors (Lipinski definition) is 1. The molecule has 1 aliphatic heterocycles. The summed E-state index contributed by atoms with van der Waals surface area (Å²) in [6, 6.07) is 7.09. The number of nitrogens with zero attached hydrogens (tertiary/aromatic N) is 2. The van der Waals surface area contributed by atoms with Gasteiger partial charge < -0.3 is 19.7 Å². The lowest BCUT2D eigenvalue weighted by Gasteiger charge is -2.20. The first-order valence-electron chi connectivity index (χ1n) is 9.86. The monoisotopic (exact) mass is 397 g/mol. The number of hydrogen-bond acceptors (Lipinski definition) is 5. The van der Waals surface area contributed by atoms with Crippen molar-refractivity contribution in [1.82, 2.24) is 15.2 Å². The lowest BCUT2D eigenvalue weighted by molar-refractivity contribution is 0.0761. The van der Waals surface area contributed by atoms with Gasteiger partial charge in [-0.3, -0.25) is 14.6 Å². The van der Waals surface area contributed by atoms with E-state index in [4.69, 9.17) is 9.47 Å². The van der Waals surface area contributed by atoms with E-state index in [9.17, 15) is 9.59 Å². The molecule has 1 saturated heterocycles. The van der Waals surface area contributed by atoms with Gasteiger partial charge in [-0.25, -0.2) is 0 Å². The fourth-order valence-corrected chi connectivity index (χ4v) is 3.41. The minimum absolute atomic E-state index is 0.0612. The molecule has 1 aromatic heterocycles. The molecule has 0 atom stereocenters. The number of likely N-dealkylation sites (tertiary alicyclic amines) is 1. The van der Waals surface area contributed by atoms with Crippen molar-refractivity contribution < 1.29 is 19.1 Å². The second-order valence-corrected chi connectivity index (χ2v) is 7.04. The van der Waals surface area contributed by atoms with Crippen molar-refractivity contribution >= 4 is 11.8 Å². The van der Waals surface area contributed by atoms with Gasteiger partial charge in [0, 0.05) is 32.0 Å². The van der Waals surface area contributed by atoms with Crippen LogP contribution < -0.4 is 14.8 Å². The molecule has 0 bridgehead atoms. The molecule has 3 rings (SSSR count). The first-order valence-corrected chi connectivity index (χ1v) is 9.86. The van der Waals surface area contributed by atoms with E-state index in [2.05, 4.69) is 10.3 Å². The van der Waals surface area contributed by atoms with Crippen molar-refractivity contribution in [1.29, 1.82) is 0 Å². The van der Waals surface area contributed by atoms with E-state index in [1.54, 1.807) is 26.4 Å². The first-order chi connectivity index (χ1) is 14.1. The van der Waals surface area contributed by atoms with Crippen molar-refractivity contribution in [3.8, 4) is 11.5 Å². The summed E-state index contributed by atoms with van der Waals surface area (Å²) in [7, 11) is 3.14. The molecule has 0 spiro atoms. The Bertz CT molecular complexity index is 861. The molecule has 154 valence electrons. The van der Waals surface area contributed by atoms with Crippen LogP contribution >= 0.6 is 0 Å². The lowest BCUT2D eigenvalue weighted by Crippen LogP contribution is -2.32. The van der Waals surface area contributed by atoms with Crippen LogP contribution in [0.15, 0.2) is 36.7 Å². The molecule has 2 heterocycles. The van der Waals surface area contributed by atoms with Crippen LogP contribution in [0.25, 0.3) is 0 Å². The standard InChI is InChI=1S/C22H27N3O4/c1-28-19-8-7-16(11-20(19)29-2)13-24-21(26)17-12-18(15-23-14-17)22(27)25-9-5-3-4-6-10-25/h7-8,11-12,14-15H,3-6,9-10,13H2,1-2H3,(H,24,26). The fourth-order valence-electron chi connectivity index (χ4n) is 3.41. The molecule has 1 N–H and O–H groups in total. The van der Waals surface area contributed by atoms with Gasteiger partial charge in [-0.2, -0.15) is 0 Å². The molecule has 1 fully saturated rings. The third-order valence-electron chi connectivity index (χ3n) is 5.04.